The molecule has 0 aliphatic heterocycles. The van der Waals surface area contributed by atoms with Crippen LogP contribution in [0.1, 0.15) is 37.4 Å². The topological polar surface area (TPSA) is 41.1 Å². The molecule has 2 N–H and O–H groups in total. The Morgan fingerprint density at radius 3 is 2.27 bits per heavy atom. The predicted molar refractivity (Wildman–Crippen MR) is 92.1 cm³/mol. The van der Waals surface area contributed by atoms with Crippen LogP contribution in [0.3, 0.4) is 0 Å². The van der Waals surface area contributed by atoms with Crippen molar-refractivity contribution in [3.8, 4) is 0 Å². The van der Waals surface area contributed by atoms with Crippen LogP contribution in [0, 0.1) is 0 Å². The van der Waals surface area contributed by atoms with E-state index < -0.39 is 0 Å². The molecule has 0 aliphatic carbocycles. The first-order valence-electron chi connectivity index (χ1n) is 7.44. The lowest BCUT2D eigenvalue weighted by molar-refractivity contribution is -0.114. The summed E-state index contributed by atoms with van der Waals surface area (Å²) in [5.41, 5.74) is 3.24. The molecule has 0 unspecified atom stereocenters. The normalized spacial score (nSPS) is 12.0. The van der Waals surface area contributed by atoms with Crippen LogP contribution < -0.4 is 10.6 Å². The molecule has 116 valence electrons. The van der Waals surface area contributed by atoms with Crippen LogP contribution >= 0.6 is 11.6 Å². The lowest BCUT2D eigenvalue weighted by Gasteiger charge is -2.18. The smallest absolute Gasteiger partial charge is 0.221 e. The van der Waals surface area contributed by atoms with Gasteiger partial charge in [0.05, 0.1) is 0 Å². The van der Waals surface area contributed by atoms with Gasteiger partial charge in [-0.1, -0.05) is 42.8 Å². The average Bonchev–Trinajstić information content (AvgIpc) is 2.50. The summed E-state index contributed by atoms with van der Waals surface area (Å²) in [6.45, 7) is 4.45. The van der Waals surface area contributed by atoms with Crippen molar-refractivity contribution in [3.63, 3.8) is 0 Å². The summed E-state index contributed by atoms with van der Waals surface area (Å²) in [7, 11) is 0. The Kier molecular flexibility index (Phi) is 5.99. The van der Waals surface area contributed by atoms with E-state index in [0.717, 1.165) is 23.7 Å². The molecular weight excluding hydrogens is 296 g/mol. The maximum Gasteiger partial charge on any atom is 0.221 e. The Morgan fingerprint density at radius 1 is 1.09 bits per heavy atom. The number of hydrogen-bond acceptors (Lipinski definition) is 2. The van der Waals surface area contributed by atoms with Crippen molar-refractivity contribution < 1.29 is 4.79 Å². The Balaban J connectivity index is 1.95. The minimum Gasteiger partial charge on any atom is -0.326 e. The molecule has 0 aromatic heterocycles. The zero-order valence-electron chi connectivity index (χ0n) is 12.9. The molecule has 0 saturated carbocycles. The first-order chi connectivity index (χ1) is 10.6. The molecule has 0 heterocycles. The summed E-state index contributed by atoms with van der Waals surface area (Å²) in [6, 6.07) is 16.1. The first kappa shape index (κ1) is 16.5. The van der Waals surface area contributed by atoms with E-state index in [1.54, 1.807) is 0 Å². The van der Waals surface area contributed by atoms with Gasteiger partial charge in [0.2, 0.25) is 5.91 Å². The fourth-order valence-corrected chi connectivity index (χ4v) is 2.47. The zero-order valence-corrected chi connectivity index (χ0v) is 13.7. The minimum absolute atomic E-state index is 0.0559. The molecule has 2 aromatic rings. The highest BCUT2D eigenvalue weighted by molar-refractivity contribution is 6.30. The van der Waals surface area contributed by atoms with Crippen molar-refractivity contribution in [2.45, 2.75) is 32.9 Å². The molecule has 2 rings (SSSR count). The number of halogens is 1. The van der Waals surface area contributed by atoms with Gasteiger partial charge in [0, 0.05) is 30.2 Å². The van der Waals surface area contributed by atoms with E-state index in [2.05, 4.69) is 29.7 Å². The van der Waals surface area contributed by atoms with Crippen LogP contribution in [0.25, 0.3) is 0 Å². The van der Waals surface area contributed by atoms with Crippen molar-refractivity contribution in [1.82, 2.24) is 5.32 Å². The van der Waals surface area contributed by atoms with Gasteiger partial charge >= 0.3 is 0 Å². The minimum atomic E-state index is -0.0559. The second kappa shape index (κ2) is 7.97. The van der Waals surface area contributed by atoms with E-state index in [1.165, 1.54) is 18.1 Å². The number of rotatable bonds is 6. The zero-order chi connectivity index (χ0) is 15.9. The molecule has 2 aromatic carbocycles. The Morgan fingerprint density at radius 2 is 1.73 bits per heavy atom. The fourth-order valence-electron chi connectivity index (χ4n) is 2.34. The standard InChI is InChI=1S/C18H21ClN2O/c1-3-18(15-6-8-16(19)9-7-15)20-12-14-4-10-17(11-5-14)21-13(2)22/h4-11,18,20H,3,12H2,1-2H3,(H,21,22)/t18-/m0/s1. The third-order valence-electron chi connectivity index (χ3n) is 3.51. The van der Waals surface area contributed by atoms with Gasteiger partial charge in [-0.2, -0.15) is 0 Å². The van der Waals surface area contributed by atoms with E-state index in [0.29, 0.717) is 6.04 Å². The van der Waals surface area contributed by atoms with Crippen molar-refractivity contribution >= 4 is 23.2 Å². The quantitative estimate of drug-likeness (QED) is 0.821. The van der Waals surface area contributed by atoms with Crippen molar-refractivity contribution in [2.75, 3.05) is 5.32 Å². The highest BCUT2D eigenvalue weighted by Crippen LogP contribution is 2.20. The van der Waals surface area contributed by atoms with Crippen molar-refractivity contribution in [3.05, 3.63) is 64.7 Å². The van der Waals surface area contributed by atoms with Gasteiger partial charge in [-0.25, -0.2) is 0 Å². The molecule has 0 fully saturated rings. The van der Waals surface area contributed by atoms with Gasteiger partial charge in [0.25, 0.3) is 0 Å². The van der Waals surface area contributed by atoms with Crippen LogP contribution in [0.2, 0.25) is 5.02 Å². The number of carbonyl (C=O) groups is 1. The second-order valence-electron chi connectivity index (χ2n) is 5.27. The molecule has 4 heteroatoms. The predicted octanol–water partition coefficient (Wildman–Crippen LogP) is 4.54. The van der Waals surface area contributed by atoms with Gasteiger partial charge in [-0.3, -0.25) is 4.79 Å². The molecule has 0 aliphatic rings. The number of carbonyl (C=O) groups excluding carboxylic acids is 1. The van der Waals surface area contributed by atoms with Crippen LogP contribution in [0.4, 0.5) is 5.69 Å². The van der Waals surface area contributed by atoms with Crippen LogP contribution in [0.15, 0.2) is 48.5 Å². The van der Waals surface area contributed by atoms with Gasteiger partial charge in [-0.15, -0.1) is 0 Å². The van der Waals surface area contributed by atoms with E-state index in [9.17, 15) is 4.79 Å². The lowest BCUT2D eigenvalue weighted by atomic mass is 10.0. The van der Waals surface area contributed by atoms with Gasteiger partial charge in [-0.05, 0) is 41.8 Å². The monoisotopic (exact) mass is 316 g/mol. The molecule has 0 spiro atoms. The van der Waals surface area contributed by atoms with Gasteiger partial charge in [0.15, 0.2) is 0 Å². The molecule has 1 atom stereocenters. The Bertz CT molecular complexity index is 608. The number of benzene rings is 2. The molecule has 3 nitrogen and oxygen atoms in total. The van der Waals surface area contributed by atoms with E-state index in [4.69, 9.17) is 11.6 Å². The van der Waals surface area contributed by atoms with Crippen LogP contribution in [0.5, 0.6) is 0 Å². The maximum absolute atomic E-state index is 11.0. The summed E-state index contributed by atoms with van der Waals surface area (Å²) in [5.74, 6) is -0.0559. The third-order valence-corrected chi connectivity index (χ3v) is 3.76. The SMILES string of the molecule is CC[C@H](NCc1ccc(NC(C)=O)cc1)c1ccc(Cl)cc1. The van der Waals surface area contributed by atoms with Crippen LogP contribution in [-0.2, 0) is 11.3 Å². The molecular formula is C18H21ClN2O. The van der Waals surface area contributed by atoms with Crippen molar-refractivity contribution in [1.29, 1.82) is 0 Å². The number of amides is 1. The summed E-state index contributed by atoms with van der Waals surface area (Å²) in [4.78, 5) is 11.0. The highest BCUT2D eigenvalue weighted by atomic mass is 35.5. The van der Waals surface area contributed by atoms with E-state index in [-0.39, 0.29) is 5.91 Å². The molecule has 1 amide bonds. The van der Waals surface area contributed by atoms with E-state index >= 15 is 0 Å². The van der Waals surface area contributed by atoms with Gasteiger partial charge in [0.1, 0.15) is 0 Å². The number of anilines is 1. The molecule has 0 saturated heterocycles. The lowest BCUT2D eigenvalue weighted by Crippen LogP contribution is -2.20. The third kappa shape index (κ3) is 4.86. The van der Waals surface area contributed by atoms with E-state index in [1.807, 2.05) is 36.4 Å². The molecule has 0 radical (unpaired) electrons. The number of nitrogens with one attached hydrogen (secondary N) is 2. The largest absolute Gasteiger partial charge is 0.326 e. The number of hydrogen-bond donors (Lipinski definition) is 2. The average molecular weight is 317 g/mol. The fraction of sp³-hybridized carbons (Fsp3) is 0.278. The summed E-state index contributed by atoms with van der Waals surface area (Å²) < 4.78 is 0. The van der Waals surface area contributed by atoms with Crippen molar-refractivity contribution in [2.24, 2.45) is 0 Å². The summed E-state index contributed by atoms with van der Waals surface area (Å²) >= 11 is 5.93. The maximum atomic E-state index is 11.0. The first-order valence-corrected chi connectivity index (χ1v) is 7.81. The summed E-state index contributed by atoms with van der Waals surface area (Å²) in [5, 5.41) is 7.08. The Hall–Kier alpha value is -1.84. The van der Waals surface area contributed by atoms with Crippen LogP contribution in [-0.4, -0.2) is 5.91 Å². The second-order valence-corrected chi connectivity index (χ2v) is 5.71. The summed E-state index contributed by atoms with van der Waals surface area (Å²) in [6.07, 6.45) is 1.01. The molecule has 0 bridgehead atoms. The Labute approximate surface area is 136 Å². The molecule has 22 heavy (non-hydrogen) atoms. The highest BCUT2D eigenvalue weighted by Gasteiger charge is 2.08. The van der Waals surface area contributed by atoms with Gasteiger partial charge < -0.3 is 10.6 Å².